The van der Waals surface area contributed by atoms with Crippen LogP contribution >= 0.6 is 0 Å². The molecule has 0 radical (unpaired) electrons. The molecule has 0 heterocycles. The van der Waals surface area contributed by atoms with Gasteiger partial charge in [0.05, 0.1) is 9.79 Å². The third-order valence-corrected chi connectivity index (χ3v) is 5.99. The van der Waals surface area contributed by atoms with Gasteiger partial charge in [-0.05, 0) is 42.9 Å². The van der Waals surface area contributed by atoms with E-state index in [4.69, 9.17) is 10.2 Å². The number of benzene rings is 1. The Kier molecular flexibility index (Phi) is 4.41. The minimum absolute atomic E-state index is 0.0165. The monoisotopic (exact) mass is 334 g/mol. The van der Waals surface area contributed by atoms with Crippen molar-refractivity contribution in [3.05, 3.63) is 24.3 Å². The van der Waals surface area contributed by atoms with Crippen molar-refractivity contribution in [1.82, 2.24) is 4.72 Å². The molecule has 0 bridgehead atoms. The van der Waals surface area contributed by atoms with Gasteiger partial charge in [0, 0.05) is 13.2 Å². The van der Waals surface area contributed by atoms with E-state index in [1.807, 2.05) is 0 Å². The van der Waals surface area contributed by atoms with Crippen LogP contribution in [0.15, 0.2) is 34.1 Å². The highest BCUT2D eigenvalue weighted by atomic mass is 32.2. The van der Waals surface area contributed by atoms with Gasteiger partial charge in [0.2, 0.25) is 20.0 Å². The largest absolute Gasteiger partial charge is 0.396 e. The summed E-state index contributed by atoms with van der Waals surface area (Å²) in [4.78, 5) is -0.393. The molecule has 118 valence electrons. The van der Waals surface area contributed by atoms with Crippen LogP contribution < -0.4 is 9.86 Å². The molecule has 0 unspecified atom stereocenters. The van der Waals surface area contributed by atoms with E-state index in [0.29, 0.717) is 6.42 Å². The molecular weight excluding hydrogens is 316 g/mol. The van der Waals surface area contributed by atoms with Crippen molar-refractivity contribution in [2.45, 2.75) is 29.1 Å². The van der Waals surface area contributed by atoms with Crippen LogP contribution in [0.1, 0.15) is 19.3 Å². The van der Waals surface area contributed by atoms with E-state index in [1.165, 1.54) is 18.2 Å². The molecule has 1 fully saturated rings. The predicted octanol–water partition coefficient (Wildman–Crippen LogP) is -0.225. The molecule has 1 aliphatic rings. The van der Waals surface area contributed by atoms with Gasteiger partial charge in [-0.1, -0.05) is 6.07 Å². The molecule has 7 nitrogen and oxygen atoms in total. The van der Waals surface area contributed by atoms with Gasteiger partial charge in [-0.25, -0.2) is 26.7 Å². The molecule has 0 atom stereocenters. The van der Waals surface area contributed by atoms with Crippen molar-refractivity contribution < 1.29 is 21.9 Å². The molecule has 0 amide bonds. The summed E-state index contributed by atoms with van der Waals surface area (Å²) in [6.45, 7) is 0.248. The van der Waals surface area contributed by atoms with Crippen LogP contribution in [0.25, 0.3) is 0 Å². The van der Waals surface area contributed by atoms with E-state index in [-0.39, 0.29) is 28.4 Å². The summed E-state index contributed by atoms with van der Waals surface area (Å²) in [6.07, 6.45) is 2.29. The van der Waals surface area contributed by atoms with Gasteiger partial charge in [-0.2, -0.15) is 0 Å². The van der Waals surface area contributed by atoms with Crippen molar-refractivity contribution in [2.24, 2.45) is 10.6 Å². The Hall–Kier alpha value is -1.00. The van der Waals surface area contributed by atoms with E-state index in [9.17, 15) is 16.8 Å². The summed E-state index contributed by atoms with van der Waals surface area (Å²) >= 11 is 0. The molecule has 0 aromatic heterocycles. The number of nitrogens with two attached hydrogens (primary N) is 1. The lowest BCUT2D eigenvalue weighted by Gasteiger charge is -2.15. The Labute approximate surface area is 124 Å². The summed E-state index contributed by atoms with van der Waals surface area (Å²) < 4.78 is 49.3. The summed E-state index contributed by atoms with van der Waals surface area (Å²) in [5.74, 6) is 0. The van der Waals surface area contributed by atoms with Crippen molar-refractivity contribution in [2.75, 3.05) is 13.2 Å². The minimum Gasteiger partial charge on any atom is -0.396 e. The van der Waals surface area contributed by atoms with Gasteiger partial charge in [0.1, 0.15) is 0 Å². The highest BCUT2D eigenvalue weighted by molar-refractivity contribution is 7.90. The Morgan fingerprint density at radius 2 is 1.81 bits per heavy atom. The first-order valence-electron chi connectivity index (χ1n) is 6.42. The SMILES string of the molecule is NS(=O)(=O)c1cccc(S(=O)(=O)NCC2(CCO)CC2)c1. The molecule has 0 spiro atoms. The molecule has 0 saturated heterocycles. The molecule has 4 N–H and O–H groups in total. The van der Waals surface area contributed by atoms with E-state index < -0.39 is 20.0 Å². The number of nitrogens with one attached hydrogen (secondary N) is 1. The maximum absolute atomic E-state index is 12.2. The zero-order chi connectivity index (χ0) is 15.7. The smallest absolute Gasteiger partial charge is 0.240 e. The molecule has 2 rings (SSSR count). The minimum atomic E-state index is -3.95. The summed E-state index contributed by atoms with van der Waals surface area (Å²) in [7, 11) is -7.76. The molecule has 1 saturated carbocycles. The zero-order valence-corrected chi connectivity index (χ0v) is 13.0. The van der Waals surface area contributed by atoms with Crippen LogP contribution in [-0.2, 0) is 20.0 Å². The van der Waals surface area contributed by atoms with E-state index >= 15 is 0 Å². The average Bonchev–Trinajstić information content (AvgIpc) is 3.17. The normalized spacial score (nSPS) is 17.6. The number of hydrogen-bond acceptors (Lipinski definition) is 5. The molecule has 9 heteroatoms. The molecular formula is C12H18N2O5S2. The van der Waals surface area contributed by atoms with Crippen LogP contribution in [0, 0.1) is 5.41 Å². The Balaban J connectivity index is 2.17. The molecule has 1 aromatic rings. The number of primary sulfonamides is 1. The van der Waals surface area contributed by atoms with Crippen LogP contribution in [0.5, 0.6) is 0 Å². The topological polar surface area (TPSA) is 127 Å². The van der Waals surface area contributed by atoms with E-state index in [0.717, 1.165) is 18.9 Å². The lowest BCUT2D eigenvalue weighted by molar-refractivity contribution is 0.249. The summed E-state index contributed by atoms with van der Waals surface area (Å²) in [5.41, 5.74) is -0.167. The predicted molar refractivity (Wildman–Crippen MR) is 76.4 cm³/mol. The van der Waals surface area contributed by atoms with Crippen LogP contribution in [0.3, 0.4) is 0 Å². The molecule has 0 aliphatic heterocycles. The fourth-order valence-electron chi connectivity index (χ4n) is 2.08. The fraction of sp³-hybridized carbons (Fsp3) is 0.500. The van der Waals surface area contributed by atoms with Gasteiger partial charge in [0.25, 0.3) is 0 Å². The molecule has 1 aromatic carbocycles. The quantitative estimate of drug-likeness (QED) is 0.635. The van der Waals surface area contributed by atoms with Crippen molar-refractivity contribution in [3.63, 3.8) is 0 Å². The Morgan fingerprint density at radius 1 is 1.19 bits per heavy atom. The highest BCUT2D eigenvalue weighted by Gasteiger charge is 2.42. The first kappa shape index (κ1) is 16.4. The molecule has 1 aliphatic carbocycles. The van der Waals surface area contributed by atoms with Gasteiger partial charge in [0.15, 0.2) is 0 Å². The fourth-order valence-corrected chi connectivity index (χ4v) is 3.92. The number of rotatable bonds is 7. The number of sulfonamides is 2. The number of aliphatic hydroxyl groups is 1. The van der Waals surface area contributed by atoms with E-state index in [2.05, 4.69) is 4.72 Å². The second-order valence-corrected chi connectivity index (χ2v) is 8.65. The zero-order valence-electron chi connectivity index (χ0n) is 11.3. The van der Waals surface area contributed by atoms with Crippen LogP contribution in [-0.4, -0.2) is 35.1 Å². The van der Waals surface area contributed by atoms with Gasteiger partial charge in [-0.15, -0.1) is 0 Å². The second kappa shape index (κ2) is 5.65. The Bertz CT molecular complexity index is 724. The average molecular weight is 334 g/mol. The van der Waals surface area contributed by atoms with Crippen LogP contribution in [0.2, 0.25) is 0 Å². The lowest BCUT2D eigenvalue weighted by atomic mass is 10.0. The second-order valence-electron chi connectivity index (χ2n) is 5.32. The van der Waals surface area contributed by atoms with Crippen molar-refractivity contribution in [1.29, 1.82) is 0 Å². The van der Waals surface area contributed by atoms with Gasteiger partial charge in [-0.3, -0.25) is 0 Å². The van der Waals surface area contributed by atoms with E-state index in [1.54, 1.807) is 0 Å². The van der Waals surface area contributed by atoms with Crippen molar-refractivity contribution >= 4 is 20.0 Å². The van der Waals surface area contributed by atoms with Crippen LogP contribution in [0.4, 0.5) is 0 Å². The van der Waals surface area contributed by atoms with Crippen molar-refractivity contribution in [3.8, 4) is 0 Å². The lowest BCUT2D eigenvalue weighted by Crippen LogP contribution is -2.31. The standard InChI is InChI=1S/C12H18N2O5S2/c13-20(16,17)10-2-1-3-11(8-10)21(18,19)14-9-12(4-5-12)6-7-15/h1-3,8,14-15H,4-7,9H2,(H2,13,16,17). The summed E-state index contributed by atoms with van der Waals surface area (Å²) in [6, 6.07) is 4.91. The first-order valence-corrected chi connectivity index (χ1v) is 9.45. The maximum Gasteiger partial charge on any atom is 0.240 e. The van der Waals surface area contributed by atoms with Gasteiger partial charge >= 0.3 is 0 Å². The number of aliphatic hydroxyl groups excluding tert-OH is 1. The van der Waals surface area contributed by atoms with Gasteiger partial charge < -0.3 is 5.11 Å². The maximum atomic E-state index is 12.2. The highest BCUT2D eigenvalue weighted by Crippen LogP contribution is 2.48. The number of hydrogen-bond donors (Lipinski definition) is 3. The Morgan fingerprint density at radius 3 is 2.33 bits per heavy atom. The first-order chi connectivity index (χ1) is 9.69. The molecule has 21 heavy (non-hydrogen) atoms. The summed E-state index contributed by atoms with van der Waals surface area (Å²) in [5, 5.41) is 13.9. The third-order valence-electron chi connectivity index (χ3n) is 3.68. The third kappa shape index (κ3) is 4.01.